The molecule has 2 heterocycles. The fraction of sp³-hybridized carbons (Fsp3) is 0.727. The molecule has 2 aliphatic heterocycles. The highest BCUT2D eigenvalue weighted by atomic mass is 16.2. The minimum absolute atomic E-state index is 0.0369. The van der Waals surface area contributed by atoms with Gasteiger partial charge in [-0.15, -0.1) is 0 Å². The Bertz CT molecular complexity index is 356. The summed E-state index contributed by atoms with van der Waals surface area (Å²) in [5.74, 6) is -0.243. The third kappa shape index (κ3) is 2.57. The number of likely N-dealkylation sites (tertiary alicyclic amines) is 1. The summed E-state index contributed by atoms with van der Waals surface area (Å²) >= 11 is 0. The minimum atomic E-state index is -0.358. The first-order valence-electron chi connectivity index (χ1n) is 5.92. The molecule has 2 saturated heterocycles. The van der Waals surface area contributed by atoms with Crippen LogP contribution in [0.1, 0.15) is 26.2 Å². The third-order valence-corrected chi connectivity index (χ3v) is 3.28. The molecule has 0 aliphatic carbocycles. The standard InChI is InChI=1S/C11H17N3O3/c1-7(15)14-4-2-3-9(14)11(17)13-8-5-10(16)12-6-8/h8-9H,2-6H2,1H3,(H,12,16)(H,13,17). The zero-order valence-electron chi connectivity index (χ0n) is 9.86. The van der Waals surface area contributed by atoms with E-state index >= 15 is 0 Å². The van der Waals surface area contributed by atoms with E-state index in [0.29, 0.717) is 25.9 Å². The molecule has 2 atom stereocenters. The van der Waals surface area contributed by atoms with Crippen molar-refractivity contribution in [1.29, 1.82) is 0 Å². The van der Waals surface area contributed by atoms with Crippen LogP contribution in [0.5, 0.6) is 0 Å². The van der Waals surface area contributed by atoms with Gasteiger partial charge in [-0.05, 0) is 12.8 Å². The zero-order valence-corrected chi connectivity index (χ0v) is 9.86. The molecule has 0 aromatic heterocycles. The van der Waals surface area contributed by atoms with Gasteiger partial charge < -0.3 is 15.5 Å². The van der Waals surface area contributed by atoms with Gasteiger partial charge in [0, 0.05) is 26.4 Å². The maximum absolute atomic E-state index is 12.0. The van der Waals surface area contributed by atoms with Crippen molar-refractivity contribution < 1.29 is 14.4 Å². The van der Waals surface area contributed by atoms with Crippen LogP contribution >= 0.6 is 0 Å². The first kappa shape index (κ1) is 11.9. The predicted octanol–water partition coefficient (Wildman–Crippen LogP) is -0.998. The highest BCUT2D eigenvalue weighted by molar-refractivity contribution is 5.88. The van der Waals surface area contributed by atoms with E-state index in [0.717, 1.165) is 6.42 Å². The highest BCUT2D eigenvalue weighted by Gasteiger charge is 2.34. The lowest BCUT2D eigenvalue weighted by Crippen LogP contribution is -2.48. The number of carbonyl (C=O) groups is 3. The van der Waals surface area contributed by atoms with Gasteiger partial charge in [-0.25, -0.2) is 0 Å². The molecule has 0 aromatic carbocycles. The fourth-order valence-electron chi connectivity index (χ4n) is 2.42. The summed E-state index contributed by atoms with van der Waals surface area (Å²) in [7, 11) is 0. The number of nitrogens with one attached hydrogen (secondary N) is 2. The normalized spacial score (nSPS) is 28.1. The Morgan fingerprint density at radius 1 is 1.47 bits per heavy atom. The second-order valence-corrected chi connectivity index (χ2v) is 4.58. The minimum Gasteiger partial charge on any atom is -0.354 e. The molecule has 2 aliphatic rings. The number of nitrogens with zero attached hydrogens (tertiary/aromatic N) is 1. The summed E-state index contributed by atoms with van der Waals surface area (Å²) in [5, 5.41) is 5.49. The highest BCUT2D eigenvalue weighted by Crippen LogP contribution is 2.17. The molecular weight excluding hydrogens is 222 g/mol. The van der Waals surface area contributed by atoms with Crippen LogP contribution in [-0.4, -0.2) is 47.8 Å². The fourth-order valence-corrected chi connectivity index (χ4v) is 2.42. The van der Waals surface area contributed by atoms with Crippen LogP contribution in [0.25, 0.3) is 0 Å². The molecule has 2 rings (SSSR count). The van der Waals surface area contributed by atoms with Gasteiger partial charge in [-0.3, -0.25) is 14.4 Å². The molecule has 2 unspecified atom stereocenters. The SMILES string of the molecule is CC(=O)N1CCCC1C(=O)NC1CNC(=O)C1. The van der Waals surface area contributed by atoms with Gasteiger partial charge in [0.1, 0.15) is 6.04 Å². The second kappa shape index (κ2) is 4.73. The first-order chi connectivity index (χ1) is 8.08. The van der Waals surface area contributed by atoms with E-state index in [2.05, 4.69) is 10.6 Å². The maximum atomic E-state index is 12.0. The van der Waals surface area contributed by atoms with Crippen LogP contribution in [0.4, 0.5) is 0 Å². The van der Waals surface area contributed by atoms with E-state index in [4.69, 9.17) is 0 Å². The first-order valence-corrected chi connectivity index (χ1v) is 5.92. The Labute approximate surface area is 99.7 Å². The summed E-state index contributed by atoms with van der Waals surface area (Å²) in [4.78, 5) is 35.9. The van der Waals surface area contributed by atoms with Gasteiger partial charge in [-0.1, -0.05) is 0 Å². The molecule has 17 heavy (non-hydrogen) atoms. The Balaban J connectivity index is 1.91. The smallest absolute Gasteiger partial charge is 0.243 e. The lowest BCUT2D eigenvalue weighted by molar-refractivity contribution is -0.137. The Kier molecular flexibility index (Phi) is 3.31. The Morgan fingerprint density at radius 2 is 2.24 bits per heavy atom. The van der Waals surface area contributed by atoms with Gasteiger partial charge in [0.25, 0.3) is 0 Å². The number of rotatable bonds is 2. The summed E-state index contributed by atoms with van der Waals surface area (Å²) in [6, 6.07) is -0.493. The number of hydrogen-bond donors (Lipinski definition) is 2. The maximum Gasteiger partial charge on any atom is 0.243 e. The molecule has 94 valence electrons. The summed E-state index contributed by atoms with van der Waals surface area (Å²) < 4.78 is 0. The van der Waals surface area contributed by atoms with Crippen LogP contribution in [0, 0.1) is 0 Å². The van der Waals surface area contributed by atoms with Crippen molar-refractivity contribution in [2.45, 2.75) is 38.3 Å². The van der Waals surface area contributed by atoms with Crippen molar-refractivity contribution in [2.24, 2.45) is 0 Å². The Morgan fingerprint density at radius 3 is 2.82 bits per heavy atom. The zero-order chi connectivity index (χ0) is 12.4. The van der Waals surface area contributed by atoms with Crippen molar-refractivity contribution in [3.8, 4) is 0 Å². The molecule has 0 bridgehead atoms. The third-order valence-electron chi connectivity index (χ3n) is 3.28. The lowest BCUT2D eigenvalue weighted by atomic mass is 10.1. The van der Waals surface area contributed by atoms with Crippen LogP contribution in [0.15, 0.2) is 0 Å². The Hall–Kier alpha value is -1.59. The number of carbonyl (C=O) groups excluding carboxylic acids is 3. The van der Waals surface area contributed by atoms with E-state index in [9.17, 15) is 14.4 Å². The van der Waals surface area contributed by atoms with Gasteiger partial charge in [-0.2, -0.15) is 0 Å². The molecular formula is C11H17N3O3. The van der Waals surface area contributed by atoms with E-state index < -0.39 is 0 Å². The molecule has 0 aromatic rings. The molecule has 0 radical (unpaired) electrons. The van der Waals surface area contributed by atoms with E-state index in [1.165, 1.54) is 6.92 Å². The average molecular weight is 239 g/mol. The predicted molar refractivity (Wildman–Crippen MR) is 60.0 cm³/mol. The molecule has 0 spiro atoms. The summed E-state index contributed by atoms with van der Waals surface area (Å²) in [6.07, 6.45) is 1.90. The van der Waals surface area contributed by atoms with Gasteiger partial charge in [0.15, 0.2) is 0 Å². The van der Waals surface area contributed by atoms with Crippen LogP contribution in [0.2, 0.25) is 0 Å². The average Bonchev–Trinajstić information content (AvgIpc) is 2.86. The van der Waals surface area contributed by atoms with E-state index in [-0.39, 0.29) is 29.8 Å². The number of hydrogen-bond acceptors (Lipinski definition) is 3. The van der Waals surface area contributed by atoms with Crippen LogP contribution < -0.4 is 10.6 Å². The van der Waals surface area contributed by atoms with Gasteiger partial charge in [0.2, 0.25) is 17.7 Å². The van der Waals surface area contributed by atoms with Crippen LogP contribution in [-0.2, 0) is 14.4 Å². The second-order valence-electron chi connectivity index (χ2n) is 4.58. The van der Waals surface area contributed by atoms with Crippen LogP contribution in [0.3, 0.4) is 0 Å². The van der Waals surface area contributed by atoms with Gasteiger partial charge in [0.05, 0.1) is 6.04 Å². The van der Waals surface area contributed by atoms with Crippen molar-refractivity contribution in [3.63, 3.8) is 0 Å². The molecule has 2 fully saturated rings. The van der Waals surface area contributed by atoms with Crippen molar-refractivity contribution in [2.75, 3.05) is 13.1 Å². The van der Waals surface area contributed by atoms with Gasteiger partial charge >= 0.3 is 0 Å². The topological polar surface area (TPSA) is 78.5 Å². The summed E-state index contributed by atoms with van der Waals surface area (Å²) in [5.41, 5.74) is 0. The van der Waals surface area contributed by atoms with E-state index in [1.54, 1.807) is 4.90 Å². The van der Waals surface area contributed by atoms with E-state index in [1.807, 2.05) is 0 Å². The molecule has 2 N–H and O–H groups in total. The number of amides is 3. The van der Waals surface area contributed by atoms with Crippen molar-refractivity contribution in [3.05, 3.63) is 0 Å². The molecule has 3 amide bonds. The molecule has 6 nitrogen and oxygen atoms in total. The molecule has 6 heteroatoms. The van der Waals surface area contributed by atoms with Crippen molar-refractivity contribution in [1.82, 2.24) is 15.5 Å². The largest absolute Gasteiger partial charge is 0.354 e. The quantitative estimate of drug-likeness (QED) is 0.649. The molecule has 0 saturated carbocycles. The monoisotopic (exact) mass is 239 g/mol. The lowest BCUT2D eigenvalue weighted by Gasteiger charge is -2.23. The van der Waals surface area contributed by atoms with Crippen molar-refractivity contribution >= 4 is 17.7 Å². The summed E-state index contributed by atoms with van der Waals surface area (Å²) in [6.45, 7) is 2.61.